The molecular formula is C15H15N3O5. The van der Waals surface area contributed by atoms with Gasteiger partial charge in [-0.05, 0) is 17.7 Å². The molecule has 8 heteroatoms. The molecular weight excluding hydrogens is 302 g/mol. The minimum atomic E-state index is -1.94. The van der Waals surface area contributed by atoms with E-state index in [1.807, 2.05) is 30.3 Å². The zero-order valence-electron chi connectivity index (χ0n) is 12.3. The van der Waals surface area contributed by atoms with Crippen molar-refractivity contribution in [2.75, 3.05) is 13.1 Å². The molecule has 0 aromatic heterocycles. The van der Waals surface area contributed by atoms with Crippen LogP contribution in [-0.2, 0) is 11.3 Å². The molecule has 1 aliphatic carbocycles. The zero-order valence-corrected chi connectivity index (χ0v) is 12.3. The predicted octanol–water partition coefficient (Wildman–Crippen LogP) is 1.06. The molecule has 2 bridgehead atoms. The molecule has 0 N–H and O–H groups in total. The van der Waals surface area contributed by atoms with Gasteiger partial charge < -0.3 is 0 Å². The van der Waals surface area contributed by atoms with Crippen LogP contribution in [-0.4, -0.2) is 44.7 Å². The lowest BCUT2D eigenvalue weighted by atomic mass is 9.71. The predicted molar refractivity (Wildman–Crippen MR) is 79.9 cm³/mol. The van der Waals surface area contributed by atoms with Crippen molar-refractivity contribution >= 4 is 5.78 Å². The first-order valence-electron chi connectivity index (χ1n) is 7.17. The Labute approximate surface area is 131 Å². The molecule has 23 heavy (non-hydrogen) atoms. The van der Waals surface area contributed by atoms with Crippen molar-refractivity contribution in [1.29, 1.82) is 0 Å². The average Bonchev–Trinajstić information content (AvgIpc) is 2.52. The lowest BCUT2D eigenvalue weighted by molar-refractivity contribution is -0.607. The van der Waals surface area contributed by atoms with Gasteiger partial charge in [0.1, 0.15) is 6.42 Å². The van der Waals surface area contributed by atoms with Gasteiger partial charge in [-0.1, -0.05) is 30.3 Å². The molecule has 0 saturated carbocycles. The van der Waals surface area contributed by atoms with Crippen LogP contribution < -0.4 is 0 Å². The van der Waals surface area contributed by atoms with Crippen molar-refractivity contribution in [3.63, 3.8) is 0 Å². The number of fused-ring (bicyclic) bond motifs is 2. The molecule has 2 aliphatic rings. The number of rotatable bonds is 4. The van der Waals surface area contributed by atoms with E-state index in [0.29, 0.717) is 6.54 Å². The maximum atomic E-state index is 12.2. The van der Waals surface area contributed by atoms with Crippen LogP contribution in [0.1, 0.15) is 12.0 Å². The Kier molecular flexibility index (Phi) is 3.48. The van der Waals surface area contributed by atoms with Gasteiger partial charge in [-0.3, -0.25) is 29.9 Å². The Bertz CT molecular complexity index is 704. The molecule has 0 unspecified atom stereocenters. The number of hydrogen-bond donors (Lipinski definition) is 0. The van der Waals surface area contributed by atoms with Gasteiger partial charge in [0.15, 0.2) is 0 Å². The molecule has 0 radical (unpaired) electrons. The van der Waals surface area contributed by atoms with Crippen LogP contribution in [0.4, 0.5) is 0 Å². The van der Waals surface area contributed by atoms with Crippen LogP contribution in [0.5, 0.6) is 0 Å². The summed E-state index contributed by atoms with van der Waals surface area (Å²) in [7, 11) is 0. The molecule has 8 nitrogen and oxygen atoms in total. The van der Waals surface area contributed by atoms with Crippen molar-refractivity contribution in [3.05, 3.63) is 68.3 Å². The standard InChI is InChI=1S/C15H15N3O5/c19-13-6-7-14(17(20)21)9-15(13,18(22)23)11-16(10-14)8-12-4-2-1-3-5-12/h1-7H,8-11H2/t14-,15-/m0/s1. The minimum absolute atomic E-state index is 0.0499. The Morgan fingerprint density at radius 3 is 2.39 bits per heavy atom. The zero-order chi connectivity index (χ0) is 16.7. The summed E-state index contributed by atoms with van der Waals surface area (Å²) in [6.45, 7) is 0.259. The number of nitrogens with zero attached hydrogens (tertiary/aromatic N) is 3. The lowest BCUT2D eigenvalue weighted by Crippen LogP contribution is -2.68. The SMILES string of the molecule is O=C1C=C[C@@]2([N+](=O)[O-])CN(Cc3ccccc3)C[C@@]1([N+](=O)[O-])C2. The molecule has 1 aromatic carbocycles. The highest BCUT2D eigenvalue weighted by Crippen LogP contribution is 2.39. The van der Waals surface area contributed by atoms with Gasteiger partial charge in [0.2, 0.25) is 5.78 Å². The first-order chi connectivity index (χ1) is 10.9. The highest BCUT2D eigenvalue weighted by molar-refractivity contribution is 5.98. The van der Waals surface area contributed by atoms with E-state index in [1.54, 1.807) is 4.90 Å². The normalized spacial score (nSPS) is 30.2. The Hall–Kier alpha value is -2.61. The summed E-state index contributed by atoms with van der Waals surface area (Å²) in [6.07, 6.45) is 1.84. The third-order valence-electron chi connectivity index (χ3n) is 4.55. The summed E-state index contributed by atoms with van der Waals surface area (Å²) in [5, 5.41) is 23.1. The van der Waals surface area contributed by atoms with Crippen molar-refractivity contribution in [3.8, 4) is 0 Å². The summed E-state index contributed by atoms with van der Waals surface area (Å²) < 4.78 is 0. The number of carbonyl (C=O) groups excluding carboxylic acids is 1. The molecule has 1 aromatic rings. The first-order valence-corrected chi connectivity index (χ1v) is 7.17. The van der Waals surface area contributed by atoms with Crippen molar-refractivity contribution in [1.82, 2.24) is 4.90 Å². The van der Waals surface area contributed by atoms with Crippen molar-refractivity contribution in [2.45, 2.75) is 24.0 Å². The molecule has 0 amide bonds. The van der Waals surface area contributed by atoms with E-state index in [2.05, 4.69) is 0 Å². The third kappa shape index (κ3) is 2.40. The third-order valence-corrected chi connectivity index (χ3v) is 4.55. The van der Waals surface area contributed by atoms with Crippen LogP contribution >= 0.6 is 0 Å². The quantitative estimate of drug-likeness (QED) is 0.607. The molecule has 1 fully saturated rings. The van der Waals surface area contributed by atoms with Crippen molar-refractivity contribution < 1.29 is 14.6 Å². The number of benzene rings is 1. The van der Waals surface area contributed by atoms with E-state index in [4.69, 9.17) is 0 Å². The lowest BCUT2D eigenvalue weighted by Gasteiger charge is -2.42. The molecule has 2 atom stereocenters. The van der Waals surface area contributed by atoms with Gasteiger partial charge in [0.05, 0.1) is 13.1 Å². The minimum Gasteiger partial charge on any atom is -0.287 e. The van der Waals surface area contributed by atoms with Gasteiger partial charge in [-0.2, -0.15) is 0 Å². The fourth-order valence-corrected chi connectivity index (χ4v) is 3.44. The maximum absolute atomic E-state index is 12.2. The second kappa shape index (κ2) is 5.24. The number of ketones is 1. The van der Waals surface area contributed by atoms with Gasteiger partial charge in [-0.25, -0.2) is 0 Å². The smallest absolute Gasteiger partial charge is 0.287 e. The van der Waals surface area contributed by atoms with E-state index in [9.17, 15) is 25.0 Å². The second-order valence-electron chi connectivity index (χ2n) is 6.15. The van der Waals surface area contributed by atoms with Gasteiger partial charge >= 0.3 is 5.54 Å². The van der Waals surface area contributed by atoms with Gasteiger partial charge in [-0.15, -0.1) is 0 Å². The molecule has 120 valence electrons. The fourth-order valence-electron chi connectivity index (χ4n) is 3.44. The van der Waals surface area contributed by atoms with Crippen LogP contribution in [0.2, 0.25) is 0 Å². The number of hydrogen-bond acceptors (Lipinski definition) is 6. The number of carbonyl (C=O) groups is 1. The molecule has 1 saturated heterocycles. The summed E-state index contributed by atoms with van der Waals surface area (Å²) in [4.78, 5) is 35.7. The summed E-state index contributed by atoms with van der Waals surface area (Å²) in [5.41, 5.74) is -2.64. The maximum Gasteiger partial charge on any atom is 0.302 e. The monoisotopic (exact) mass is 317 g/mol. The number of likely N-dealkylation sites (tertiary alicyclic amines) is 1. The Morgan fingerprint density at radius 1 is 1.09 bits per heavy atom. The Morgan fingerprint density at radius 2 is 1.78 bits per heavy atom. The highest BCUT2D eigenvalue weighted by atomic mass is 16.6. The Balaban J connectivity index is 1.99. The second-order valence-corrected chi connectivity index (χ2v) is 6.15. The fraction of sp³-hybridized carbons (Fsp3) is 0.400. The van der Waals surface area contributed by atoms with E-state index >= 15 is 0 Å². The van der Waals surface area contributed by atoms with E-state index in [-0.39, 0.29) is 19.5 Å². The summed E-state index contributed by atoms with van der Waals surface area (Å²) in [6, 6.07) is 9.20. The topological polar surface area (TPSA) is 107 Å². The molecule has 1 heterocycles. The highest BCUT2D eigenvalue weighted by Gasteiger charge is 2.66. The van der Waals surface area contributed by atoms with E-state index < -0.39 is 26.7 Å². The average molecular weight is 317 g/mol. The van der Waals surface area contributed by atoms with Crippen LogP contribution in [0.15, 0.2) is 42.5 Å². The van der Waals surface area contributed by atoms with Crippen molar-refractivity contribution in [2.24, 2.45) is 0 Å². The van der Waals surface area contributed by atoms with Crippen LogP contribution in [0, 0.1) is 20.2 Å². The van der Waals surface area contributed by atoms with E-state index in [1.165, 1.54) is 6.08 Å². The number of piperidine rings is 1. The number of nitro groups is 2. The largest absolute Gasteiger partial charge is 0.302 e. The summed E-state index contributed by atoms with van der Waals surface area (Å²) in [5.74, 6) is -0.669. The van der Waals surface area contributed by atoms with E-state index in [0.717, 1.165) is 11.6 Å². The molecule has 1 aliphatic heterocycles. The molecule has 0 spiro atoms. The molecule has 3 rings (SSSR count). The van der Waals surface area contributed by atoms with Crippen LogP contribution in [0.25, 0.3) is 0 Å². The van der Waals surface area contributed by atoms with Gasteiger partial charge in [0, 0.05) is 16.4 Å². The van der Waals surface area contributed by atoms with Gasteiger partial charge in [0.25, 0.3) is 5.54 Å². The van der Waals surface area contributed by atoms with Crippen LogP contribution in [0.3, 0.4) is 0 Å². The summed E-state index contributed by atoms with van der Waals surface area (Å²) >= 11 is 0. The first kappa shape index (κ1) is 15.3.